The van der Waals surface area contributed by atoms with Crippen LogP contribution in [0.5, 0.6) is 0 Å². The predicted molar refractivity (Wildman–Crippen MR) is 70.6 cm³/mol. The molecule has 0 heterocycles. The minimum Gasteiger partial charge on any atom is -0.481 e. The molecule has 0 aromatic heterocycles. The van der Waals surface area contributed by atoms with Crippen LogP contribution < -0.4 is 5.32 Å². The van der Waals surface area contributed by atoms with Gasteiger partial charge >= 0.3 is 12.0 Å². The highest BCUT2D eigenvalue weighted by atomic mass is 16.4. The standard InChI is InChI=1S/C12H25N3O3/c1-5-15(6-2)8-7-13-12(18)14(4)9-10(3)11(16)17/h10H,5-9H2,1-4H3,(H,13,18)(H,16,17). The van der Waals surface area contributed by atoms with Crippen molar-refractivity contribution in [3.8, 4) is 0 Å². The van der Waals surface area contributed by atoms with Crippen molar-refractivity contribution < 1.29 is 14.7 Å². The maximum atomic E-state index is 11.7. The summed E-state index contributed by atoms with van der Waals surface area (Å²) in [6.45, 7) is 9.25. The van der Waals surface area contributed by atoms with E-state index in [0.717, 1.165) is 19.6 Å². The van der Waals surface area contributed by atoms with E-state index in [9.17, 15) is 9.59 Å². The van der Waals surface area contributed by atoms with Crippen LogP contribution in [0.25, 0.3) is 0 Å². The maximum Gasteiger partial charge on any atom is 0.317 e. The molecule has 1 atom stereocenters. The Morgan fingerprint density at radius 2 is 1.83 bits per heavy atom. The average molecular weight is 259 g/mol. The second-order valence-electron chi connectivity index (χ2n) is 4.38. The molecular weight excluding hydrogens is 234 g/mol. The fourth-order valence-corrected chi connectivity index (χ4v) is 1.57. The molecule has 2 amide bonds. The van der Waals surface area contributed by atoms with Gasteiger partial charge in [0.1, 0.15) is 0 Å². The first-order chi connectivity index (χ1) is 8.42. The smallest absolute Gasteiger partial charge is 0.317 e. The van der Waals surface area contributed by atoms with E-state index in [0.29, 0.717) is 6.54 Å². The van der Waals surface area contributed by atoms with E-state index in [4.69, 9.17) is 5.11 Å². The van der Waals surface area contributed by atoms with Crippen molar-refractivity contribution in [3.63, 3.8) is 0 Å². The van der Waals surface area contributed by atoms with E-state index in [1.54, 1.807) is 14.0 Å². The van der Waals surface area contributed by atoms with E-state index in [2.05, 4.69) is 24.1 Å². The summed E-state index contributed by atoms with van der Waals surface area (Å²) in [4.78, 5) is 25.9. The number of carboxylic acid groups (broad SMARTS) is 1. The van der Waals surface area contributed by atoms with E-state index in [1.807, 2.05) is 0 Å². The monoisotopic (exact) mass is 259 g/mol. The molecule has 6 nitrogen and oxygen atoms in total. The van der Waals surface area contributed by atoms with Gasteiger partial charge in [0, 0.05) is 26.7 Å². The van der Waals surface area contributed by atoms with Crippen molar-refractivity contribution in [2.45, 2.75) is 20.8 Å². The lowest BCUT2D eigenvalue weighted by Gasteiger charge is -2.22. The van der Waals surface area contributed by atoms with Crippen LogP contribution in [0.3, 0.4) is 0 Å². The number of carbonyl (C=O) groups excluding carboxylic acids is 1. The first-order valence-corrected chi connectivity index (χ1v) is 6.36. The summed E-state index contributed by atoms with van der Waals surface area (Å²) in [5, 5.41) is 11.5. The van der Waals surface area contributed by atoms with Crippen LogP contribution in [0.1, 0.15) is 20.8 Å². The molecule has 0 saturated carbocycles. The Kier molecular flexibility index (Phi) is 8.11. The van der Waals surface area contributed by atoms with Crippen LogP contribution in [-0.4, -0.2) is 66.7 Å². The van der Waals surface area contributed by atoms with Crippen molar-refractivity contribution in [1.82, 2.24) is 15.1 Å². The van der Waals surface area contributed by atoms with Gasteiger partial charge in [-0.2, -0.15) is 0 Å². The highest BCUT2D eigenvalue weighted by molar-refractivity contribution is 5.75. The Morgan fingerprint density at radius 3 is 2.28 bits per heavy atom. The number of amides is 2. The van der Waals surface area contributed by atoms with Crippen LogP contribution >= 0.6 is 0 Å². The molecule has 18 heavy (non-hydrogen) atoms. The molecule has 0 aliphatic rings. The quantitative estimate of drug-likeness (QED) is 0.672. The van der Waals surface area contributed by atoms with Crippen molar-refractivity contribution in [2.75, 3.05) is 39.8 Å². The Bertz CT molecular complexity index is 267. The molecule has 0 spiro atoms. The van der Waals surface area contributed by atoms with Crippen molar-refractivity contribution in [1.29, 1.82) is 0 Å². The van der Waals surface area contributed by atoms with Gasteiger partial charge in [-0.15, -0.1) is 0 Å². The number of urea groups is 1. The summed E-state index contributed by atoms with van der Waals surface area (Å²) >= 11 is 0. The molecule has 0 rings (SSSR count). The van der Waals surface area contributed by atoms with Gasteiger partial charge in [0.25, 0.3) is 0 Å². The molecular formula is C12H25N3O3. The van der Waals surface area contributed by atoms with E-state index in [1.165, 1.54) is 4.90 Å². The van der Waals surface area contributed by atoms with Gasteiger partial charge < -0.3 is 20.2 Å². The molecule has 0 radical (unpaired) electrons. The molecule has 0 aromatic rings. The normalized spacial score (nSPS) is 12.3. The zero-order chi connectivity index (χ0) is 14.1. The van der Waals surface area contributed by atoms with E-state index in [-0.39, 0.29) is 12.6 Å². The number of carboxylic acids is 1. The summed E-state index contributed by atoms with van der Waals surface area (Å²) in [5.41, 5.74) is 0. The minimum absolute atomic E-state index is 0.215. The van der Waals surface area contributed by atoms with Gasteiger partial charge in [0.15, 0.2) is 0 Å². The van der Waals surface area contributed by atoms with Gasteiger partial charge in [-0.3, -0.25) is 4.79 Å². The average Bonchev–Trinajstić information content (AvgIpc) is 2.34. The van der Waals surface area contributed by atoms with Crippen LogP contribution in [0, 0.1) is 5.92 Å². The van der Waals surface area contributed by atoms with Crippen molar-refractivity contribution in [3.05, 3.63) is 0 Å². The first kappa shape index (κ1) is 16.7. The number of nitrogens with zero attached hydrogens (tertiary/aromatic N) is 2. The lowest BCUT2D eigenvalue weighted by atomic mass is 10.2. The molecule has 2 N–H and O–H groups in total. The zero-order valence-corrected chi connectivity index (χ0v) is 11.8. The first-order valence-electron chi connectivity index (χ1n) is 6.36. The molecule has 0 aliphatic heterocycles. The Labute approximate surface area is 109 Å². The van der Waals surface area contributed by atoms with Gasteiger partial charge in [-0.1, -0.05) is 20.8 Å². The fraction of sp³-hybridized carbons (Fsp3) is 0.833. The topological polar surface area (TPSA) is 72.9 Å². The highest BCUT2D eigenvalue weighted by Gasteiger charge is 2.16. The number of aliphatic carboxylic acids is 1. The summed E-state index contributed by atoms with van der Waals surface area (Å²) in [6.07, 6.45) is 0. The Morgan fingerprint density at radius 1 is 1.28 bits per heavy atom. The third-order valence-corrected chi connectivity index (χ3v) is 2.91. The maximum absolute atomic E-state index is 11.7. The molecule has 0 aromatic carbocycles. The van der Waals surface area contributed by atoms with Crippen molar-refractivity contribution >= 4 is 12.0 Å². The van der Waals surface area contributed by atoms with Crippen LogP contribution in [0.2, 0.25) is 0 Å². The molecule has 0 fully saturated rings. The number of carbonyl (C=O) groups is 2. The molecule has 1 unspecified atom stereocenters. The number of hydrogen-bond donors (Lipinski definition) is 2. The summed E-state index contributed by atoms with van der Waals surface area (Å²) in [5.74, 6) is -1.44. The largest absolute Gasteiger partial charge is 0.481 e. The summed E-state index contributed by atoms with van der Waals surface area (Å²) in [7, 11) is 1.60. The lowest BCUT2D eigenvalue weighted by molar-refractivity contribution is -0.141. The van der Waals surface area contributed by atoms with Gasteiger partial charge in [0.2, 0.25) is 0 Å². The Balaban J connectivity index is 3.91. The molecule has 106 valence electrons. The lowest BCUT2D eigenvalue weighted by Crippen LogP contribution is -2.43. The summed E-state index contributed by atoms with van der Waals surface area (Å²) < 4.78 is 0. The molecule has 6 heteroatoms. The van der Waals surface area contributed by atoms with Crippen LogP contribution in [0.4, 0.5) is 4.79 Å². The van der Waals surface area contributed by atoms with E-state index >= 15 is 0 Å². The molecule has 0 saturated heterocycles. The van der Waals surface area contributed by atoms with Gasteiger partial charge in [-0.25, -0.2) is 4.79 Å². The van der Waals surface area contributed by atoms with Crippen LogP contribution in [-0.2, 0) is 4.79 Å². The number of likely N-dealkylation sites (N-methyl/N-ethyl adjacent to an activating group) is 1. The van der Waals surface area contributed by atoms with Gasteiger partial charge in [-0.05, 0) is 13.1 Å². The van der Waals surface area contributed by atoms with Crippen LogP contribution in [0.15, 0.2) is 0 Å². The second kappa shape index (κ2) is 8.74. The van der Waals surface area contributed by atoms with Crippen molar-refractivity contribution in [2.24, 2.45) is 5.92 Å². The minimum atomic E-state index is -0.891. The third kappa shape index (κ3) is 6.44. The molecule has 0 bridgehead atoms. The zero-order valence-electron chi connectivity index (χ0n) is 11.8. The Hall–Kier alpha value is -1.30. The summed E-state index contributed by atoms with van der Waals surface area (Å²) in [6, 6.07) is -0.227. The predicted octanol–water partition coefficient (Wildman–Crippen LogP) is 0.690. The van der Waals surface area contributed by atoms with Gasteiger partial charge in [0.05, 0.1) is 5.92 Å². The number of nitrogens with one attached hydrogen (secondary N) is 1. The number of rotatable bonds is 8. The second-order valence-corrected chi connectivity index (χ2v) is 4.38. The SMILES string of the molecule is CCN(CC)CCNC(=O)N(C)CC(C)C(=O)O. The fourth-order valence-electron chi connectivity index (χ4n) is 1.57. The highest BCUT2D eigenvalue weighted by Crippen LogP contribution is 1.98. The molecule has 0 aliphatic carbocycles. The third-order valence-electron chi connectivity index (χ3n) is 2.91. The van der Waals surface area contributed by atoms with E-state index < -0.39 is 11.9 Å². The number of hydrogen-bond acceptors (Lipinski definition) is 3.